The van der Waals surface area contributed by atoms with Crippen molar-refractivity contribution in [3.63, 3.8) is 0 Å². The third kappa shape index (κ3) is 5.32. The molecule has 5 saturated carbocycles. The third-order valence-electron chi connectivity index (χ3n) is 16.7. The van der Waals surface area contributed by atoms with Gasteiger partial charge in [0.2, 0.25) is 5.91 Å². The van der Waals surface area contributed by atoms with Gasteiger partial charge in [-0.3, -0.25) is 14.4 Å². The van der Waals surface area contributed by atoms with Crippen molar-refractivity contribution in [2.45, 2.75) is 151 Å². The Morgan fingerprint density at radius 2 is 1.60 bits per heavy atom. The molecule has 1 amide bonds. The number of carboxylic acid groups (broad SMARTS) is 1. The van der Waals surface area contributed by atoms with Gasteiger partial charge in [0, 0.05) is 31.0 Å². The number of carbonyl (C=O) groups is 3. The Bertz CT molecular complexity index is 1340. The molecule has 6 aliphatic rings. The highest BCUT2D eigenvalue weighted by Gasteiger charge is 2.71. The average molecular weight is 667 g/mol. The molecule has 6 rings (SSSR count). The zero-order chi connectivity index (χ0) is 35.2. The highest BCUT2D eigenvalue weighted by molar-refractivity contribution is 5.81. The lowest BCUT2D eigenvalue weighted by Crippen LogP contribution is -2.67. The van der Waals surface area contributed by atoms with Crippen LogP contribution >= 0.6 is 0 Å². The summed E-state index contributed by atoms with van der Waals surface area (Å²) in [7, 11) is 0. The molecule has 1 aliphatic heterocycles. The van der Waals surface area contributed by atoms with Crippen LogP contribution in [0, 0.1) is 62.1 Å². The average Bonchev–Trinajstić information content (AvgIpc) is 3.59. The fraction of sp³-hybridized carbons (Fsp3) is 0.878. The van der Waals surface area contributed by atoms with Gasteiger partial charge in [-0.1, -0.05) is 46.8 Å². The minimum Gasteiger partial charge on any atom is -0.481 e. The number of hydrogen-bond acceptors (Lipinski definition) is 5. The molecule has 0 aromatic rings. The largest absolute Gasteiger partial charge is 0.481 e. The summed E-state index contributed by atoms with van der Waals surface area (Å²) in [6.45, 7) is 24.0. The molecular formula is C41H66N2O5. The molecule has 7 nitrogen and oxygen atoms in total. The first kappa shape index (κ1) is 35.9. The molecule has 0 spiro atoms. The predicted molar refractivity (Wildman–Crippen MR) is 189 cm³/mol. The zero-order valence-corrected chi connectivity index (χ0v) is 31.5. The summed E-state index contributed by atoms with van der Waals surface area (Å²) < 4.78 is 6.17. The maximum Gasteiger partial charge on any atom is 0.309 e. The Hall–Kier alpha value is -1.89. The third-order valence-corrected chi connectivity index (χ3v) is 16.7. The van der Waals surface area contributed by atoms with Crippen LogP contribution < -0.4 is 5.73 Å². The highest BCUT2D eigenvalue weighted by atomic mass is 16.5. The topological polar surface area (TPSA) is 110 Å². The van der Waals surface area contributed by atoms with Gasteiger partial charge in [0.15, 0.2) is 0 Å². The van der Waals surface area contributed by atoms with E-state index in [1.807, 2.05) is 0 Å². The fourth-order valence-electron chi connectivity index (χ4n) is 13.8. The highest BCUT2D eigenvalue weighted by Crippen LogP contribution is 2.78. The molecule has 3 unspecified atom stereocenters. The first-order valence-electron chi connectivity index (χ1n) is 19.3. The maximum atomic E-state index is 13.8. The number of rotatable bonds is 7. The van der Waals surface area contributed by atoms with E-state index in [9.17, 15) is 19.5 Å². The Balaban J connectivity index is 1.25. The van der Waals surface area contributed by atoms with Crippen molar-refractivity contribution in [1.82, 2.24) is 4.90 Å². The van der Waals surface area contributed by atoms with Crippen LogP contribution in [0.25, 0.3) is 0 Å². The van der Waals surface area contributed by atoms with E-state index in [4.69, 9.17) is 10.5 Å². The monoisotopic (exact) mass is 666 g/mol. The van der Waals surface area contributed by atoms with Gasteiger partial charge in [-0.05, 0) is 143 Å². The number of allylic oxidation sites excluding steroid dienone is 1. The summed E-state index contributed by atoms with van der Waals surface area (Å²) in [5.74, 6) is 1.59. The van der Waals surface area contributed by atoms with Crippen molar-refractivity contribution in [3.05, 3.63) is 12.2 Å². The Labute approximate surface area is 290 Å². The maximum absolute atomic E-state index is 13.8. The molecular weight excluding hydrogens is 600 g/mol. The molecule has 11 atom stereocenters. The van der Waals surface area contributed by atoms with Crippen molar-refractivity contribution in [2.75, 3.05) is 13.1 Å². The Morgan fingerprint density at radius 3 is 2.23 bits per heavy atom. The van der Waals surface area contributed by atoms with Gasteiger partial charge in [-0.15, -0.1) is 0 Å². The number of ether oxygens (including phenoxy) is 1. The molecule has 1 saturated heterocycles. The second kappa shape index (κ2) is 11.8. The molecule has 6 fully saturated rings. The standard InChI is InChI=1S/C41H66N2O5/c1-25(2)27-12-18-41(22-32(44)43-21-15-26(42)24-43)20-19-39(8)28(34(27)41)10-11-30-38(7)16-14-31(48-33(45)23-36(3,4)35(46)47)37(5,6)29(38)13-17-40(30,39)9/h26-31,34H,1,10-24,42H2,2-9H3,(H,46,47)/t26?,27-,28?,29-,30+,31?,34+,38-,39+,40+,41+/m0/s1. The summed E-state index contributed by atoms with van der Waals surface area (Å²) in [6, 6.07) is 0.117. The van der Waals surface area contributed by atoms with Crippen LogP contribution in [0.5, 0.6) is 0 Å². The molecule has 48 heavy (non-hydrogen) atoms. The molecule has 1 heterocycles. The number of amides is 1. The minimum atomic E-state index is -1.14. The minimum absolute atomic E-state index is 0.0704. The smallest absolute Gasteiger partial charge is 0.309 e. The summed E-state index contributed by atoms with van der Waals surface area (Å²) in [6.07, 6.45) is 12.6. The van der Waals surface area contributed by atoms with Crippen LogP contribution in [-0.2, 0) is 19.1 Å². The lowest BCUT2D eigenvalue weighted by molar-refractivity contribution is -0.250. The van der Waals surface area contributed by atoms with Crippen LogP contribution in [0.15, 0.2) is 12.2 Å². The SMILES string of the molecule is C=C(C)[C@@H]1CC[C@]2(CC(=O)N3CCC(N)C3)CC[C@]3(C)C(CC[C@@H]4[C@@]5(C)CCC(OC(=O)CC(C)(C)C(=O)O)C(C)(C)[C@@H]5CC[C@]43C)[C@@H]12. The number of likely N-dealkylation sites (tertiary alicyclic amines) is 1. The number of hydrogen-bond donors (Lipinski definition) is 2. The summed E-state index contributed by atoms with van der Waals surface area (Å²) in [5, 5.41) is 9.59. The normalized spacial score (nSPS) is 44.9. The van der Waals surface area contributed by atoms with Crippen molar-refractivity contribution >= 4 is 17.8 Å². The van der Waals surface area contributed by atoms with E-state index >= 15 is 0 Å². The zero-order valence-electron chi connectivity index (χ0n) is 31.5. The predicted octanol–water partition coefficient (Wildman–Crippen LogP) is 8.01. The van der Waals surface area contributed by atoms with Crippen LogP contribution in [0.1, 0.15) is 139 Å². The van der Waals surface area contributed by atoms with Gasteiger partial charge in [-0.2, -0.15) is 0 Å². The van der Waals surface area contributed by atoms with Crippen LogP contribution in [0.2, 0.25) is 0 Å². The van der Waals surface area contributed by atoms with Gasteiger partial charge >= 0.3 is 11.9 Å². The van der Waals surface area contributed by atoms with Gasteiger partial charge in [-0.25, -0.2) is 0 Å². The first-order chi connectivity index (χ1) is 22.2. The van der Waals surface area contributed by atoms with Gasteiger partial charge in [0.25, 0.3) is 0 Å². The van der Waals surface area contributed by atoms with Crippen LogP contribution in [0.3, 0.4) is 0 Å². The van der Waals surface area contributed by atoms with E-state index in [0.29, 0.717) is 48.5 Å². The van der Waals surface area contributed by atoms with Crippen molar-refractivity contribution in [1.29, 1.82) is 0 Å². The molecule has 0 bridgehead atoms. The Kier molecular flexibility index (Phi) is 8.86. The van der Waals surface area contributed by atoms with E-state index in [1.54, 1.807) is 13.8 Å². The number of nitrogens with zero attached hydrogens (tertiary/aromatic N) is 1. The lowest BCUT2D eigenvalue weighted by atomic mass is 9.32. The number of aliphatic carboxylic acids is 1. The number of carbonyl (C=O) groups excluding carboxylic acids is 2. The summed E-state index contributed by atoms with van der Waals surface area (Å²) in [5.41, 5.74) is 6.84. The molecule has 270 valence electrons. The van der Waals surface area contributed by atoms with E-state index in [2.05, 4.69) is 53.0 Å². The fourth-order valence-corrected chi connectivity index (χ4v) is 13.8. The number of esters is 1. The van der Waals surface area contributed by atoms with E-state index in [1.165, 1.54) is 31.3 Å². The molecule has 5 aliphatic carbocycles. The quantitative estimate of drug-likeness (QED) is 0.211. The van der Waals surface area contributed by atoms with E-state index < -0.39 is 17.4 Å². The number of nitrogens with two attached hydrogens (primary N) is 1. The molecule has 7 heteroatoms. The van der Waals surface area contributed by atoms with Crippen molar-refractivity contribution in [3.8, 4) is 0 Å². The molecule has 0 aromatic heterocycles. The molecule has 0 radical (unpaired) electrons. The Morgan fingerprint density at radius 1 is 0.896 bits per heavy atom. The van der Waals surface area contributed by atoms with Crippen molar-refractivity contribution in [2.24, 2.45) is 67.8 Å². The number of fused-ring (bicyclic) bond motifs is 7. The van der Waals surface area contributed by atoms with Gasteiger partial charge in [0.05, 0.1) is 11.8 Å². The van der Waals surface area contributed by atoms with Crippen LogP contribution in [-0.4, -0.2) is 53.1 Å². The van der Waals surface area contributed by atoms with Gasteiger partial charge in [0.1, 0.15) is 6.10 Å². The second-order valence-corrected chi connectivity index (χ2v) is 19.8. The number of carboxylic acids is 1. The van der Waals surface area contributed by atoms with Gasteiger partial charge < -0.3 is 20.5 Å². The van der Waals surface area contributed by atoms with Crippen LogP contribution in [0.4, 0.5) is 0 Å². The second-order valence-electron chi connectivity index (χ2n) is 19.8. The van der Waals surface area contributed by atoms with E-state index in [-0.39, 0.29) is 45.6 Å². The lowest BCUT2D eigenvalue weighted by Gasteiger charge is -2.73. The summed E-state index contributed by atoms with van der Waals surface area (Å²) >= 11 is 0. The first-order valence-corrected chi connectivity index (χ1v) is 19.3. The molecule has 3 N–H and O–H groups in total. The van der Waals surface area contributed by atoms with Crippen molar-refractivity contribution < 1.29 is 24.2 Å². The van der Waals surface area contributed by atoms with E-state index in [0.717, 1.165) is 51.5 Å². The summed E-state index contributed by atoms with van der Waals surface area (Å²) in [4.78, 5) is 40.7. The molecule has 0 aromatic carbocycles.